The third-order valence-corrected chi connectivity index (χ3v) is 6.17. The van der Waals surface area contributed by atoms with Crippen LogP contribution >= 0.6 is 0 Å². The highest BCUT2D eigenvalue weighted by molar-refractivity contribution is 5.90. The van der Waals surface area contributed by atoms with E-state index in [1.165, 1.54) is 0 Å². The summed E-state index contributed by atoms with van der Waals surface area (Å²) in [5.41, 5.74) is 4.08. The van der Waals surface area contributed by atoms with Gasteiger partial charge in [-0.1, -0.05) is 36.4 Å². The highest BCUT2D eigenvalue weighted by Crippen LogP contribution is 2.23. The molecule has 2 amide bonds. The van der Waals surface area contributed by atoms with Crippen molar-refractivity contribution in [2.75, 3.05) is 26.7 Å². The van der Waals surface area contributed by atoms with E-state index in [1.54, 1.807) is 24.4 Å². The van der Waals surface area contributed by atoms with Crippen molar-refractivity contribution in [1.29, 1.82) is 0 Å². The van der Waals surface area contributed by atoms with E-state index in [-0.39, 0.29) is 18.2 Å². The topological polar surface area (TPSA) is 62.7 Å². The van der Waals surface area contributed by atoms with E-state index in [2.05, 4.69) is 11.1 Å². The molecule has 0 spiro atoms. The van der Waals surface area contributed by atoms with Gasteiger partial charge in [0.25, 0.3) is 0 Å². The number of benzene rings is 2. The number of hydrogen-bond donors (Lipinski definition) is 0. The van der Waals surface area contributed by atoms with Crippen LogP contribution in [-0.2, 0) is 22.4 Å². The largest absolute Gasteiger partial charge is 0.497 e. The molecule has 170 valence electrons. The zero-order valence-electron chi connectivity index (χ0n) is 19.1. The molecular formula is C27H29N3O3. The first-order valence-corrected chi connectivity index (χ1v) is 11.3. The molecular weight excluding hydrogens is 414 g/mol. The minimum Gasteiger partial charge on any atom is -0.497 e. The Morgan fingerprint density at radius 1 is 1.00 bits per heavy atom. The molecule has 2 heterocycles. The van der Waals surface area contributed by atoms with Gasteiger partial charge in [0.05, 0.1) is 13.5 Å². The number of nitrogens with zero attached hydrogens (tertiary/aromatic N) is 3. The number of carbonyl (C=O) groups excluding carboxylic acids is 2. The van der Waals surface area contributed by atoms with Crippen LogP contribution in [0.2, 0.25) is 0 Å². The van der Waals surface area contributed by atoms with E-state index in [0.717, 1.165) is 28.0 Å². The predicted octanol–water partition coefficient (Wildman–Crippen LogP) is 3.60. The number of hydrogen-bond acceptors (Lipinski definition) is 4. The summed E-state index contributed by atoms with van der Waals surface area (Å²) in [7, 11) is 1.62. The number of likely N-dealkylation sites (N-methyl/N-ethyl adjacent to an activating group) is 1. The summed E-state index contributed by atoms with van der Waals surface area (Å²) in [4.78, 5) is 34.2. The van der Waals surface area contributed by atoms with Crippen LogP contribution in [0.25, 0.3) is 11.1 Å². The van der Waals surface area contributed by atoms with Crippen LogP contribution in [0.5, 0.6) is 5.75 Å². The fourth-order valence-electron chi connectivity index (χ4n) is 4.31. The Morgan fingerprint density at radius 3 is 2.45 bits per heavy atom. The second kappa shape index (κ2) is 10.3. The van der Waals surface area contributed by atoms with Gasteiger partial charge in [0.1, 0.15) is 11.8 Å². The van der Waals surface area contributed by atoms with E-state index in [4.69, 9.17) is 4.74 Å². The van der Waals surface area contributed by atoms with Crippen LogP contribution in [-0.4, -0.2) is 59.4 Å². The first-order valence-electron chi connectivity index (χ1n) is 11.3. The molecule has 1 aliphatic rings. The summed E-state index contributed by atoms with van der Waals surface area (Å²) in [6.45, 7) is 3.74. The summed E-state index contributed by atoms with van der Waals surface area (Å²) in [6.07, 6.45) is 4.29. The quantitative estimate of drug-likeness (QED) is 0.560. The summed E-state index contributed by atoms with van der Waals surface area (Å²) >= 11 is 0. The highest BCUT2D eigenvalue weighted by atomic mass is 16.5. The molecule has 0 bridgehead atoms. The first-order chi connectivity index (χ1) is 16.1. The standard InChI is InChI=1S/C27H29N3O3/c1-3-29-15-16-30(26(31)19-20-7-9-24(33-2)10-8-20)25(27(29)32)18-21-5-4-6-23(17-21)22-11-13-28-14-12-22/h4-14,17,25H,3,15-16,18-19H2,1-2H3/t25-/m1/s1. The number of amides is 2. The Bertz CT molecular complexity index is 1100. The first kappa shape index (κ1) is 22.5. The molecule has 0 unspecified atom stereocenters. The van der Waals surface area contributed by atoms with E-state index in [1.807, 2.05) is 66.4 Å². The van der Waals surface area contributed by atoms with Crippen LogP contribution < -0.4 is 4.74 Å². The lowest BCUT2D eigenvalue weighted by molar-refractivity contribution is -0.150. The molecule has 0 saturated carbocycles. The van der Waals surface area contributed by atoms with Gasteiger partial charge in [-0.05, 0) is 53.4 Å². The van der Waals surface area contributed by atoms with Crippen molar-refractivity contribution in [2.24, 2.45) is 0 Å². The summed E-state index contributed by atoms with van der Waals surface area (Å²) < 4.78 is 5.20. The fraction of sp³-hybridized carbons (Fsp3) is 0.296. The number of aromatic nitrogens is 1. The lowest BCUT2D eigenvalue weighted by Gasteiger charge is -2.40. The molecule has 1 saturated heterocycles. The Hall–Kier alpha value is -3.67. The maximum absolute atomic E-state index is 13.3. The second-order valence-electron chi connectivity index (χ2n) is 8.19. The summed E-state index contributed by atoms with van der Waals surface area (Å²) in [6, 6.07) is 19.1. The minimum absolute atomic E-state index is 0.0149. The number of methoxy groups -OCH3 is 1. The second-order valence-corrected chi connectivity index (χ2v) is 8.19. The fourth-order valence-corrected chi connectivity index (χ4v) is 4.31. The van der Waals surface area contributed by atoms with E-state index < -0.39 is 6.04 Å². The maximum Gasteiger partial charge on any atom is 0.245 e. The molecule has 6 heteroatoms. The van der Waals surface area contributed by atoms with E-state index in [0.29, 0.717) is 26.1 Å². The Morgan fingerprint density at radius 2 is 1.76 bits per heavy atom. The maximum atomic E-state index is 13.3. The van der Waals surface area contributed by atoms with Crippen molar-refractivity contribution in [3.8, 4) is 16.9 Å². The number of carbonyl (C=O) groups is 2. The third kappa shape index (κ3) is 5.22. The molecule has 0 N–H and O–H groups in total. The number of piperazine rings is 1. The van der Waals surface area contributed by atoms with Crippen molar-refractivity contribution in [1.82, 2.24) is 14.8 Å². The zero-order valence-corrected chi connectivity index (χ0v) is 19.1. The number of pyridine rings is 1. The molecule has 1 aromatic heterocycles. The van der Waals surface area contributed by atoms with Crippen molar-refractivity contribution < 1.29 is 14.3 Å². The van der Waals surface area contributed by atoms with Crippen LogP contribution in [0.1, 0.15) is 18.1 Å². The third-order valence-electron chi connectivity index (χ3n) is 6.17. The van der Waals surface area contributed by atoms with Gasteiger partial charge in [-0.2, -0.15) is 0 Å². The smallest absolute Gasteiger partial charge is 0.245 e. The van der Waals surface area contributed by atoms with Crippen molar-refractivity contribution in [2.45, 2.75) is 25.8 Å². The zero-order chi connectivity index (χ0) is 23.2. The van der Waals surface area contributed by atoms with Gasteiger partial charge in [0, 0.05) is 38.4 Å². The normalized spacial score (nSPS) is 16.1. The van der Waals surface area contributed by atoms with Crippen LogP contribution in [0.3, 0.4) is 0 Å². The molecule has 2 aromatic carbocycles. The molecule has 1 atom stereocenters. The molecule has 3 aromatic rings. The van der Waals surface area contributed by atoms with Crippen molar-refractivity contribution >= 4 is 11.8 Å². The molecule has 1 aliphatic heterocycles. The number of ether oxygens (including phenoxy) is 1. The Labute approximate surface area is 194 Å². The van der Waals surface area contributed by atoms with Gasteiger partial charge in [0.15, 0.2) is 0 Å². The predicted molar refractivity (Wildman–Crippen MR) is 128 cm³/mol. The van der Waals surface area contributed by atoms with Gasteiger partial charge in [-0.25, -0.2) is 0 Å². The molecule has 0 aliphatic carbocycles. The molecule has 1 fully saturated rings. The van der Waals surface area contributed by atoms with Crippen molar-refractivity contribution in [3.63, 3.8) is 0 Å². The van der Waals surface area contributed by atoms with Crippen LogP contribution in [0.15, 0.2) is 73.1 Å². The van der Waals surface area contributed by atoms with Gasteiger partial charge >= 0.3 is 0 Å². The van der Waals surface area contributed by atoms with Crippen LogP contribution in [0.4, 0.5) is 0 Å². The lowest BCUT2D eigenvalue weighted by atomic mass is 9.97. The van der Waals surface area contributed by atoms with E-state index >= 15 is 0 Å². The number of rotatable bonds is 7. The van der Waals surface area contributed by atoms with Gasteiger partial charge < -0.3 is 14.5 Å². The highest BCUT2D eigenvalue weighted by Gasteiger charge is 2.36. The van der Waals surface area contributed by atoms with Crippen molar-refractivity contribution in [3.05, 3.63) is 84.2 Å². The molecule has 0 radical (unpaired) electrons. The average molecular weight is 444 g/mol. The monoisotopic (exact) mass is 443 g/mol. The molecule has 33 heavy (non-hydrogen) atoms. The van der Waals surface area contributed by atoms with Gasteiger partial charge in [-0.3, -0.25) is 14.6 Å². The Balaban J connectivity index is 1.55. The molecule has 4 rings (SSSR count). The SMILES string of the molecule is CCN1CCN(C(=O)Cc2ccc(OC)cc2)[C@H](Cc2cccc(-c3ccncc3)c2)C1=O. The summed E-state index contributed by atoms with van der Waals surface area (Å²) in [5, 5.41) is 0. The average Bonchev–Trinajstić information content (AvgIpc) is 2.86. The summed E-state index contributed by atoms with van der Waals surface area (Å²) in [5.74, 6) is 0.741. The lowest BCUT2D eigenvalue weighted by Crippen LogP contribution is -2.59. The van der Waals surface area contributed by atoms with Gasteiger partial charge in [-0.15, -0.1) is 0 Å². The van der Waals surface area contributed by atoms with Crippen LogP contribution in [0, 0.1) is 0 Å². The Kier molecular flexibility index (Phi) is 7.03. The minimum atomic E-state index is -0.503. The molecule has 6 nitrogen and oxygen atoms in total. The van der Waals surface area contributed by atoms with Gasteiger partial charge in [0.2, 0.25) is 11.8 Å². The van der Waals surface area contributed by atoms with E-state index in [9.17, 15) is 9.59 Å².